The molecule has 3 aliphatic rings. The van der Waals surface area contributed by atoms with Gasteiger partial charge in [-0.1, -0.05) is 166 Å². The lowest BCUT2D eigenvalue weighted by Crippen LogP contribution is -2.44. The molecule has 54 heavy (non-hydrogen) atoms. The number of rotatable bonds is 4. The zero-order valence-corrected chi connectivity index (χ0v) is 30.2. The second kappa shape index (κ2) is 12.3. The fourth-order valence-electron chi connectivity index (χ4n) is 9.30. The summed E-state index contributed by atoms with van der Waals surface area (Å²) in [6, 6.07) is 63.3. The Kier molecular flexibility index (Phi) is 7.30. The summed E-state index contributed by atoms with van der Waals surface area (Å²) in [5.74, 6) is 0.825. The van der Waals surface area contributed by atoms with Crippen LogP contribution in [-0.4, -0.2) is 5.84 Å². The molecule has 2 N–H and O–H groups in total. The van der Waals surface area contributed by atoms with E-state index in [-0.39, 0.29) is 17.7 Å². The van der Waals surface area contributed by atoms with Crippen molar-refractivity contribution in [2.24, 2.45) is 4.99 Å². The van der Waals surface area contributed by atoms with Crippen LogP contribution >= 0.6 is 0 Å². The number of hydrogen-bond acceptors (Lipinski definition) is 4. The molecule has 0 saturated heterocycles. The van der Waals surface area contributed by atoms with E-state index < -0.39 is 5.41 Å². The van der Waals surface area contributed by atoms with Gasteiger partial charge in [-0.15, -0.1) is 0 Å². The molecule has 1 heterocycles. The second-order valence-corrected chi connectivity index (χ2v) is 15.1. The van der Waals surface area contributed by atoms with Crippen LogP contribution < -0.4 is 10.6 Å². The first-order valence-corrected chi connectivity index (χ1v) is 18.7. The molecule has 7 aromatic carbocycles. The van der Waals surface area contributed by atoms with Gasteiger partial charge in [0.05, 0.1) is 17.0 Å². The van der Waals surface area contributed by atoms with Crippen molar-refractivity contribution in [3.05, 3.63) is 225 Å². The number of nitriles is 1. The Morgan fingerprint density at radius 2 is 1.07 bits per heavy atom. The maximum Gasteiger partial charge on any atom is 0.131 e. The molecule has 1 aliphatic heterocycles. The van der Waals surface area contributed by atoms with E-state index in [9.17, 15) is 5.26 Å². The number of nitrogens with one attached hydrogen (secondary N) is 2. The summed E-state index contributed by atoms with van der Waals surface area (Å²) in [6.45, 7) is 4.73. The third-order valence-electron chi connectivity index (χ3n) is 11.9. The van der Waals surface area contributed by atoms with Crippen LogP contribution in [0.4, 0.5) is 0 Å². The van der Waals surface area contributed by atoms with Crippen LogP contribution in [0.5, 0.6) is 0 Å². The van der Waals surface area contributed by atoms with E-state index >= 15 is 0 Å². The molecule has 7 aromatic rings. The highest BCUT2D eigenvalue weighted by Crippen LogP contribution is 2.62. The quantitative estimate of drug-likeness (QED) is 0.193. The van der Waals surface area contributed by atoms with E-state index in [0.717, 1.165) is 28.1 Å². The first kappa shape index (κ1) is 32.1. The minimum Gasteiger partial charge on any atom is -0.350 e. The van der Waals surface area contributed by atoms with Gasteiger partial charge in [-0.25, -0.2) is 4.99 Å². The number of nitrogens with zero attached hydrogens (tertiary/aromatic N) is 2. The largest absolute Gasteiger partial charge is 0.350 e. The van der Waals surface area contributed by atoms with Crippen LogP contribution in [0.2, 0.25) is 0 Å². The Balaban J connectivity index is 1.05. The van der Waals surface area contributed by atoms with Crippen LogP contribution in [0.15, 0.2) is 175 Å². The van der Waals surface area contributed by atoms with Crippen molar-refractivity contribution in [1.29, 1.82) is 5.26 Å². The van der Waals surface area contributed by atoms with Gasteiger partial charge < -0.3 is 5.32 Å². The first-order valence-electron chi connectivity index (χ1n) is 18.7. The molecule has 0 aromatic heterocycles. The Labute approximate surface area is 316 Å². The lowest BCUT2D eigenvalue weighted by molar-refractivity contribution is 0.409. The van der Waals surface area contributed by atoms with E-state index in [1.807, 2.05) is 42.5 Å². The Morgan fingerprint density at radius 3 is 1.74 bits per heavy atom. The number of aliphatic imine (C=N–C) groups is 1. The molecular weight excluding hydrogens is 657 g/mol. The molecule has 10 rings (SSSR count). The normalized spacial score (nSPS) is 18.3. The lowest BCUT2D eigenvalue weighted by Gasteiger charge is -2.46. The van der Waals surface area contributed by atoms with E-state index in [2.05, 4.69) is 158 Å². The Hall–Kier alpha value is -6.54. The molecule has 0 amide bonds. The summed E-state index contributed by atoms with van der Waals surface area (Å²) in [6.07, 6.45) is -0.410. The van der Waals surface area contributed by atoms with Gasteiger partial charge in [0.1, 0.15) is 18.2 Å². The first-order chi connectivity index (χ1) is 26.5. The number of fused-ring (bicyclic) bond motifs is 9. The highest BCUT2D eigenvalue weighted by atomic mass is 15.3. The van der Waals surface area contributed by atoms with Gasteiger partial charge in [-0.3, -0.25) is 5.32 Å². The third-order valence-corrected chi connectivity index (χ3v) is 11.9. The fraction of sp³-hybridized carbons (Fsp3) is 0.120. The van der Waals surface area contributed by atoms with Crippen LogP contribution in [0.1, 0.15) is 81.8 Å². The molecular formula is C50H38N4. The van der Waals surface area contributed by atoms with Crippen molar-refractivity contribution in [2.75, 3.05) is 0 Å². The molecule has 1 spiro atoms. The summed E-state index contributed by atoms with van der Waals surface area (Å²) in [5.41, 5.74) is 16.4. The molecule has 0 saturated carbocycles. The molecule has 0 fully saturated rings. The van der Waals surface area contributed by atoms with Crippen LogP contribution in [-0.2, 0) is 10.8 Å². The van der Waals surface area contributed by atoms with Gasteiger partial charge in [0.2, 0.25) is 0 Å². The maximum atomic E-state index is 9.36. The average molecular weight is 695 g/mol. The van der Waals surface area contributed by atoms with Crippen LogP contribution in [0, 0.1) is 11.3 Å². The van der Waals surface area contributed by atoms with Gasteiger partial charge in [0.15, 0.2) is 0 Å². The molecule has 2 atom stereocenters. The van der Waals surface area contributed by atoms with E-state index in [1.165, 1.54) is 50.1 Å². The summed E-state index contributed by atoms with van der Waals surface area (Å²) >= 11 is 0. The van der Waals surface area contributed by atoms with Crippen molar-refractivity contribution in [2.45, 2.75) is 37.0 Å². The number of hydrogen-bond donors (Lipinski definition) is 2. The highest BCUT2D eigenvalue weighted by Gasteiger charge is 2.53. The summed E-state index contributed by atoms with van der Waals surface area (Å²) in [4.78, 5) is 5.14. The minimum absolute atomic E-state index is 0.117. The predicted octanol–water partition coefficient (Wildman–Crippen LogP) is 10.6. The van der Waals surface area contributed by atoms with E-state index in [0.29, 0.717) is 5.56 Å². The topological polar surface area (TPSA) is 60.2 Å². The smallest absolute Gasteiger partial charge is 0.131 e. The molecule has 0 bridgehead atoms. The van der Waals surface area contributed by atoms with Crippen molar-refractivity contribution in [1.82, 2.24) is 10.6 Å². The second-order valence-electron chi connectivity index (χ2n) is 15.1. The monoisotopic (exact) mass is 694 g/mol. The highest BCUT2D eigenvalue weighted by molar-refractivity contribution is 6.00. The summed E-state index contributed by atoms with van der Waals surface area (Å²) in [7, 11) is 0. The zero-order chi connectivity index (χ0) is 36.4. The summed E-state index contributed by atoms with van der Waals surface area (Å²) < 4.78 is 0. The predicted molar refractivity (Wildman–Crippen MR) is 217 cm³/mol. The van der Waals surface area contributed by atoms with Gasteiger partial charge >= 0.3 is 0 Å². The van der Waals surface area contributed by atoms with E-state index in [4.69, 9.17) is 4.99 Å². The number of benzene rings is 7. The van der Waals surface area contributed by atoms with Crippen molar-refractivity contribution >= 4 is 5.84 Å². The van der Waals surface area contributed by atoms with Gasteiger partial charge in [0, 0.05) is 11.0 Å². The van der Waals surface area contributed by atoms with Crippen molar-refractivity contribution in [3.63, 3.8) is 0 Å². The average Bonchev–Trinajstić information content (AvgIpc) is 3.53. The lowest BCUT2D eigenvalue weighted by atomic mass is 9.55. The molecule has 2 unspecified atom stereocenters. The van der Waals surface area contributed by atoms with Gasteiger partial charge in [-0.05, 0) is 85.0 Å². The Morgan fingerprint density at radius 1 is 0.519 bits per heavy atom. The van der Waals surface area contributed by atoms with Crippen LogP contribution in [0.3, 0.4) is 0 Å². The zero-order valence-electron chi connectivity index (χ0n) is 30.2. The molecule has 2 aliphatic carbocycles. The Bertz CT molecular complexity index is 2600. The fourth-order valence-corrected chi connectivity index (χ4v) is 9.30. The maximum absolute atomic E-state index is 9.36. The molecule has 4 heteroatoms. The molecule has 4 nitrogen and oxygen atoms in total. The van der Waals surface area contributed by atoms with E-state index in [1.54, 1.807) is 0 Å². The minimum atomic E-state index is -0.392. The third kappa shape index (κ3) is 4.76. The molecule has 258 valence electrons. The SMILES string of the molecule is CC1(C)c2ccccc2C2(c3ccccc3-c3cc(-c4ccc(C5=NC(c6ccccc6)NC(c6ccc(C#N)cc6)N5)cc4)ccc32)c2ccccc21. The van der Waals surface area contributed by atoms with Gasteiger partial charge in [0.25, 0.3) is 0 Å². The van der Waals surface area contributed by atoms with Crippen LogP contribution in [0.25, 0.3) is 22.3 Å². The summed E-state index contributed by atoms with van der Waals surface area (Å²) in [5, 5.41) is 16.7. The van der Waals surface area contributed by atoms with Crippen molar-refractivity contribution in [3.8, 4) is 28.3 Å². The number of amidine groups is 1. The molecule has 0 radical (unpaired) electrons. The van der Waals surface area contributed by atoms with Crippen molar-refractivity contribution < 1.29 is 0 Å². The van der Waals surface area contributed by atoms with Gasteiger partial charge in [-0.2, -0.15) is 5.26 Å². The standard InChI is InChI=1S/C50H38N4/c1-49(2)42-16-8-10-18-44(42)50(45-19-11-9-17-43(45)49)40-15-7-6-14-38(40)39-30-37(28-29-41(39)50)33-24-26-36(27-25-33)48-53-46(34-12-4-3-5-13-34)52-47(54-48)35-22-20-32(31-51)21-23-35/h3-30,46-47,52H,1-2H3,(H,53,54).